The first-order chi connectivity index (χ1) is 12.9. The minimum atomic E-state index is -0.711. The van der Waals surface area contributed by atoms with Crippen molar-refractivity contribution in [2.75, 3.05) is 10.6 Å². The number of rotatable bonds is 5. The van der Waals surface area contributed by atoms with Crippen LogP contribution < -0.4 is 10.6 Å². The van der Waals surface area contributed by atoms with Crippen molar-refractivity contribution >= 4 is 34.8 Å². The van der Waals surface area contributed by atoms with E-state index in [2.05, 4.69) is 15.7 Å². The standard InChI is InChI=1S/C19H16ClFN4O2/c1-12(25-9-3-8-22-25)18(26)23-14-4-2-5-15(11-14)24-19(27)16-7-6-13(20)10-17(16)21/h2-12H,1H3,(H,23,26)(H,24,27)/t12-/m1/s1. The number of halogens is 2. The molecule has 0 unspecified atom stereocenters. The summed E-state index contributed by atoms with van der Waals surface area (Å²) in [5, 5.41) is 9.60. The van der Waals surface area contributed by atoms with E-state index in [-0.39, 0.29) is 16.5 Å². The molecule has 0 spiro atoms. The van der Waals surface area contributed by atoms with Gasteiger partial charge in [-0.15, -0.1) is 0 Å². The van der Waals surface area contributed by atoms with E-state index < -0.39 is 17.8 Å². The number of nitrogens with one attached hydrogen (secondary N) is 2. The molecule has 1 aromatic heterocycles. The maximum absolute atomic E-state index is 13.9. The van der Waals surface area contributed by atoms with Crippen LogP contribution in [0.1, 0.15) is 23.3 Å². The topological polar surface area (TPSA) is 76.0 Å². The number of hydrogen-bond donors (Lipinski definition) is 2. The summed E-state index contributed by atoms with van der Waals surface area (Å²) in [6, 6.07) is 11.6. The minimum Gasteiger partial charge on any atom is -0.324 e. The second-order valence-corrected chi connectivity index (χ2v) is 6.25. The fraction of sp³-hybridized carbons (Fsp3) is 0.105. The van der Waals surface area contributed by atoms with Gasteiger partial charge in [0, 0.05) is 28.8 Å². The van der Waals surface area contributed by atoms with Gasteiger partial charge in [-0.05, 0) is 49.4 Å². The van der Waals surface area contributed by atoms with E-state index in [0.29, 0.717) is 11.4 Å². The molecule has 0 bridgehead atoms. The van der Waals surface area contributed by atoms with Gasteiger partial charge in [0.25, 0.3) is 5.91 Å². The lowest BCUT2D eigenvalue weighted by atomic mass is 10.2. The number of anilines is 2. The van der Waals surface area contributed by atoms with Gasteiger partial charge in [-0.3, -0.25) is 14.3 Å². The Bertz CT molecular complexity index is 976. The minimum absolute atomic E-state index is 0.124. The van der Waals surface area contributed by atoms with E-state index in [1.54, 1.807) is 49.6 Å². The number of benzene rings is 2. The molecule has 8 heteroatoms. The zero-order valence-electron chi connectivity index (χ0n) is 14.3. The highest BCUT2D eigenvalue weighted by Gasteiger charge is 2.16. The van der Waals surface area contributed by atoms with Crippen molar-refractivity contribution in [1.29, 1.82) is 0 Å². The summed E-state index contributed by atoms with van der Waals surface area (Å²) >= 11 is 5.70. The fourth-order valence-electron chi connectivity index (χ4n) is 2.42. The summed E-state index contributed by atoms with van der Waals surface area (Å²) in [6.45, 7) is 1.72. The van der Waals surface area contributed by atoms with Gasteiger partial charge in [0.2, 0.25) is 5.91 Å². The van der Waals surface area contributed by atoms with Crippen molar-refractivity contribution in [1.82, 2.24) is 9.78 Å². The summed E-state index contributed by atoms with van der Waals surface area (Å²) in [6.07, 6.45) is 3.29. The van der Waals surface area contributed by atoms with Crippen LogP contribution in [0.3, 0.4) is 0 Å². The molecule has 0 aliphatic carbocycles. The van der Waals surface area contributed by atoms with Crippen LogP contribution in [0, 0.1) is 5.82 Å². The van der Waals surface area contributed by atoms with Crippen molar-refractivity contribution in [3.63, 3.8) is 0 Å². The summed E-state index contributed by atoms with van der Waals surface area (Å²) in [5.41, 5.74) is 0.786. The Morgan fingerprint density at radius 3 is 2.52 bits per heavy atom. The quantitative estimate of drug-likeness (QED) is 0.692. The predicted octanol–water partition coefficient (Wildman–Crippen LogP) is 4.13. The average Bonchev–Trinajstić information content (AvgIpc) is 3.15. The first kappa shape index (κ1) is 18.6. The molecule has 2 aromatic carbocycles. The van der Waals surface area contributed by atoms with Crippen molar-refractivity contribution in [3.05, 3.63) is 77.3 Å². The van der Waals surface area contributed by atoms with Gasteiger partial charge in [-0.1, -0.05) is 17.7 Å². The predicted molar refractivity (Wildman–Crippen MR) is 101 cm³/mol. The molecule has 3 aromatic rings. The Kier molecular flexibility index (Phi) is 5.52. The second kappa shape index (κ2) is 8.01. The van der Waals surface area contributed by atoms with Crippen LogP contribution >= 0.6 is 11.6 Å². The Labute approximate surface area is 160 Å². The lowest BCUT2D eigenvalue weighted by molar-refractivity contribution is -0.119. The third-order valence-corrected chi connectivity index (χ3v) is 4.10. The molecular weight excluding hydrogens is 371 g/mol. The molecule has 2 amide bonds. The van der Waals surface area contributed by atoms with Gasteiger partial charge in [0.1, 0.15) is 11.9 Å². The molecular formula is C19H16ClFN4O2. The number of nitrogens with zero attached hydrogens (tertiary/aromatic N) is 2. The van der Waals surface area contributed by atoms with E-state index in [1.807, 2.05) is 0 Å². The third-order valence-electron chi connectivity index (χ3n) is 3.86. The number of carbonyl (C=O) groups is 2. The van der Waals surface area contributed by atoms with Gasteiger partial charge < -0.3 is 10.6 Å². The van der Waals surface area contributed by atoms with Crippen molar-refractivity contribution < 1.29 is 14.0 Å². The molecule has 27 heavy (non-hydrogen) atoms. The van der Waals surface area contributed by atoms with Crippen LogP contribution in [0.25, 0.3) is 0 Å². The molecule has 3 rings (SSSR count). The Morgan fingerprint density at radius 2 is 1.85 bits per heavy atom. The van der Waals surface area contributed by atoms with Crippen LogP contribution in [0.4, 0.5) is 15.8 Å². The molecule has 1 heterocycles. The summed E-state index contributed by atoms with van der Waals surface area (Å²) in [5.74, 6) is -1.58. The van der Waals surface area contributed by atoms with E-state index in [9.17, 15) is 14.0 Å². The highest BCUT2D eigenvalue weighted by molar-refractivity contribution is 6.30. The van der Waals surface area contributed by atoms with Gasteiger partial charge in [0.05, 0.1) is 5.56 Å². The van der Waals surface area contributed by atoms with Crippen LogP contribution in [0.2, 0.25) is 5.02 Å². The van der Waals surface area contributed by atoms with Gasteiger partial charge >= 0.3 is 0 Å². The van der Waals surface area contributed by atoms with Crippen LogP contribution in [0.15, 0.2) is 60.9 Å². The molecule has 0 saturated carbocycles. The molecule has 0 saturated heterocycles. The number of carbonyl (C=O) groups excluding carboxylic acids is 2. The molecule has 0 fully saturated rings. The summed E-state index contributed by atoms with van der Waals surface area (Å²) < 4.78 is 15.4. The first-order valence-electron chi connectivity index (χ1n) is 8.10. The lowest BCUT2D eigenvalue weighted by Crippen LogP contribution is -2.24. The second-order valence-electron chi connectivity index (χ2n) is 5.81. The number of aromatic nitrogens is 2. The zero-order chi connectivity index (χ0) is 19.4. The average molecular weight is 387 g/mol. The Hall–Kier alpha value is -3.19. The van der Waals surface area contributed by atoms with Crippen molar-refractivity contribution in [2.45, 2.75) is 13.0 Å². The highest BCUT2D eigenvalue weighted by Crippen LogP contribution is 2.19. The van der Waals surface area contributed by atoms with E-state index in [0.717, 1.165) is 6.07 Å². The fourth-order valence-corrected chi connectivity index (χ4v) is 2.58. The summed E-state index contributed by atoms with van der Waals surface area (Å²) in [7, 11) is 0. The summed E-state index contributed by atoms with van der Waals surface area (Å²) in [4.78, 5) is 24.6. The monoisotopic (exact) mass is 386 g/mol. The van der Waals surface area contributed by atoms with E-state index in [1.165, 1.54) is 16.8 Å². The number of hydrogen-bond acceptors (Lipinski definition) is 3. The lowest BCUT2D eigenvalue weighted by Gasteiger charge is -2.13. The van der Waals surface area contributed by atoms with Gasteiger partial charge in [-0.25, -0.2) is 4.39 Å². The van der Waals surface area contributed by atoms with Crippen LogP contribution in [-0.2, 0) is 4.79 Å². The van der Waals surface area contributed by atoms with Crippen molar-refractivity contribution in [2.24, 2.45) is 0 Å². The van der Waals surface area contributed by atoms with Crippen LogP contribution in [0.5, 0.6) is 0 Å². The highest BCUT2D eigenvalue weighted by atomic mass is 35.5. The maximum atomic E-state index is 13.9. The molecule has 0 aliphatic rings. The first-order valence-corrected chi connectivity index (χ1v) is 8.48. The number of amides is 2. The molecule has 0 aliphatic heterocycles. The largest absolute Gasteiger partial charge is 0.324 e. The molecule has 6 nitrogen and oxygen atoms in total. The molecule has 138 valence electrons. The zero-order valence-corrected chi connectivity index (χ0v) is 15.1. The molecule has 0 radical (unpaired) electrons. The Balaban J connectivity index is 1.70. The van der Waals surface area contributed by atoms with Crippen LogP contribution in [-0.4, -0.2) is 21.6 Å². The van der Waals surface area contributed by atoms with E-state index >= 15 is 0 Å². The van der Waals surface area contributed by atoms with E-state index in [4.69, 9.17) is 11.6 Å². The third kappa shape index (κ3) is 4.51. The van der Waals surface area contributed by atoms with Gasteiger partial charge in [0.15, 0.2) is 0 Å². The van der Waals surface area contributed by atoms with Gasteiger partial charge in [-0.2, -0.15) is 5.10 Å². The maximum Gasteiger partial charge on any atom is 0.258 e. The smallest absolute Gasteiger partial charge is 0.258 e. The normalized spacial score (nSPS) is 11.7. The molecule has 1 atom stereocenters. The molecule has 2 N–H and O–H groups in total. The SMILES string of the molecule is C[C@H](C(=O)Nc1cccc(NC(=O)c2ccc(Cl)cc2F)c1)n1cccn1. The van der Waals surface area contributed by atoms with Crippen molar-refractivity contribution in [3.8, 4) is 0 Å². The Morgan fingerprint density at radius 1 is 1.11 bits per heavy atom.